The van der Waals surface area contributed by atoms with Gasteiger partial charge in [-0.05, 0) is 26.4 Å². The molecule has 0 spiro atoms. The lowest BCUT2D eigenvalue weighted by Crippen LogP contribution is -2.40. The van der Waals surface area contributed by atoms with E-state index in [1.807, 2.05) is 7.05 Å². The Kier molecular flexibility index (Phi) is 4.67. The van der Waals surface area contributed by atoms with E-state index in [1.165, 1.54) is 12.7 Å². The molecule has 1 fully saturated rings. The number of anilines is 1. The van der Waals surface area contributed by atoms with Crippen molar-refractivity contribution < 1.29 is 9.66 Å². The Morgan fingerprint density at radius 3 is 3.00 bits per heavy atom. The van der Waals surface area contributed by atoms with Crippen LogP contribution in [0.1, 0.15) is 19.3 Å². The smallest absolute Gasteiger partial charge is 0.372 e. The summed E-state index contributed by atoms with van der Waals surface area (Å²) in [4.78, 5) is 20.5. The van der Waals surface area contributed by atoms with Crippen molar-refractivity contribution in [3.63, 3.8) is 0 Å². The maximum absolute atomic E-state index is 11.1. The van der Waals surface area contributed by atoms with Crippen molar-refractivity contribution in [3.05, 3.63) is 16.4 Å². The van der Waals surface area contributed by atoms with Crippen LogP contribution in [0.15, 0.2) is 6.33 Å². The van der Waals surface area contributed by atoms with E-state index in [-0.39, 0.29) is 23.4 Å². The van der Waals surface area contributed by atoms with Crippen molar-refractivity contribution in [2.24, 2.45) is 0 Å². The Labute approximate surface area is 117 Å². The van der Waals surface area contributed by atoms with Gasteiger partial charge in [-0.25, -0.2) is 4.98 Å². The fourth-order valence-corrected chi connectivity index (χ4v) is 2.35. The normalized spacial score (nSPS) is 19.6. The first-order valence-corrected chi connectivity index (χ1v) is 6.63. The number of likely N-dealkylation sites (N-methyl/N-ethyl adjacent to an activating group) is 1. The van der Waals surface area contributed by atoms with Crippen LogP contribution in [0.4, 0.5) is 11.5 Å². The number of ether oxygens (including phenoxy) is 1. The molecule has 8 heteroatoms. The molecule has 0 radical (unpaired) electrons. The topological polar surface area (TPSA) is 93.4 Å². The van der Waals surface area contributed by atoms with Crippen LogP contribution in [0.5, 0.6) is 5.88 Å². The number of hydrogen-bond acceptors (Lipinski definition) is 7. The van der Waals surface area contributed by atoms with Crippen molar-refractivity contribution in [1.82, 2.24) is 14.9 Å². The molecule has 1 aliphatic heterocycles. The summed E-state index contributed by atoms with van der Waals surface area (Å²) >= 11 is 0. The SMILES string of the molecule is CNc1ncnc(OCC2CCCCN2C)c1[N+](=O)[O-]. The lowest BCUT2D eigenvalue weighted by Gasteiger charge is -2.31. The number of rotatable bonds is 5. The molecule has 0 saturated carbocycles. The van der Waals surface area contributed by atoms with Crippen molar-refractivity contribution >= 4 is 11.5 Å². The molecule has 0 aliphatic carbocycles. The number of nitrogens with one attached hydrogen (secondary N) is 1. The minimum Gasteiger partial charge on any atom is -0.471 e. The molecule has 20 heavy (non-hydrogen) atoms. The van der Waals surface area contributed by atoms with Crippen molar-refractivity contribution in [3.8, 4) is 5.88 Å². The standard InChI is InChI=1S/C12H19N5O3/c1-13-11-10(17(18)19)12(15-8-14-11)20-7-9-5-3-4-6-16(9)2/h8-9H,3-7H2,1-2H3,(H,13,14,15). The van der Waals surface area contributed by atoms with Gasteiger partial charge in [0.25, 0.3) is 5.88 Å². The third-order valence-corrected chi connectivity index (χ3v) is 3.54. The van der Waals surface area contributed by atoms with Crippen LogP contribution in [0, 0.1) is 10.1 Å². The molecular formula is C12H19N5O3. The van der Waals surface area contributed by atoms with E-state index in [1.54, 1.807) is 7.05 Å². The van der Waals surface area contributed by atoms with E-state index in [0.717, 1.165) is 19.4 Å². The quantitative estimate of drug-likeness (QED) is 0.642. The highest BCUT2D eigenvalue weighted by Gasteiger charge is 2.26. The Hall–Kier alpha value is -1.96. The van der Waals surface area contributed by atoms with Gasteiger partial charge in [-0.15, -0.1) is 0 Å². The Balaban J connectivity index is 2.10. The van der Waals surface area contributed by atoms with Crippen molar-refractivity contribution in [1.29, 1.82) is 0 Å². The van der Waals surface area contributed by atoms with Gasteiger partial charge in [0, 0.05) is 13.1 Å². The Morgan fingerprint density at radius 2 is 2.35 bits per heavy atom. The molecule has 1 unspecified atom stereocenters. The highest BCUT2D eigenvalue weighted by atomic mass is 16.6. The molecule has 1 atom stereocenters. The molecule has 0 aromatic carbocycles. The van der Waals surface area contributed by atoms with Gasteiger partial charge in [0.15, 0.2) is 0 Å². The zero-order chi connectivity index (χ0) is 14.5. The number of aromatic nitrogens is 2. The third-order valence-electron chi connectivity index (χ3n) is 3.54. The van der Waals surface area contributed by atoms with Gasteiger partial charge in [-0.2, -0.15) is 4.98 Å². The molecule has 1 aromatic rings. The number of likely N-dealkylation sites (tertiary alicyclic amines) is 1. The molecule has 1 saturated heterocycles. The second kappa shape index (κ2) is 6.47. The van der Waals surface area contributed by atoms with Crippen LogP contribution < -0.4 is 10.1 Å². The second-order valence-electron chi connectivity index (χ2n) is 4.82. The third kappa shape index (κ3) is 3.13. The fraction of sp³-hybridized carbons (Fsp3) is 0.667. The molecule has 2 heterocycles. The molecule has 0 amide bonds. The highest BCUT2D eigenvalue weighted by Crippen LogP contribution is 2.30. The summed E-state index contributed by atoms with van der Waals surface area (Å²) in [6.07, 6.45) is 4.64. The molecular weight excluding hydrogens is 262 g/mol. The largest absolute Gasteiger partial charge is 0.471 e. The van der Waals surface area contributed by atoms with Crippen LogP contribution >= 0.6 is 0 Å². The van der Waals surface area contributed by atoms with Gasteiger partial charge in [0.05, 0.1) is 4.92 Å². The average Bonchev–Trinajstić information content (AvgIpc) is 2.45. The van der Waals surface area contributed by atoms with Crippen LogP contribution in [-0.4, -0.2) is 53.1 Å². The monoisotopic (exact) mass is 281 g/mol. The summed E-state index contributed by atoms with van der Waals surface area (Å²) in [5.74, 6) is 0.185. The lowest BCUT2D eigenvalue weighted by atomic mass is 10.0. The first kappa shape index (κ1) is 14.4. The van der Waals surface area contributed by atoms with E-state index in [4.69, 9.17) is 4.74 Å². The minimum atomic E-state index is -0.522. The van der Waals surface area contributed by atoms with Gasteiger partial charge in [-0.1, -0.05) is 6.42 Å². The first-order valence-electron chi connectivity index (χ1n) is 6.63. The molecule has 1 aliphatic rings. The molecule has 1 N–H and O–H groups in total. The maximum atomic E-state index is 11.1. The van der Waals surface area contributed by atoms with E-state index < -0.39 is 4.92 Å². The Morgan fingerprint density at radius 1 is 1.55 bits per heavy atom. The average molecular weight is 281 g/mol. The number of nitro groups is 1. The summed E-state index contributed by atoms with van der Waals surface area (Å²) in [6, 6.07) is 0.274. The number of piperidine rings is 1. The van der Waals surface area contributed by atoms with Gasteiger partial charge >= 0.3 is 5.69 Å². The predicted molar refractivity (Wildman–Crippen MR) is 74.0 cm³/mol. The van der Waals surface area contributed by atoms with E-state index in [0.29, 0.717) is 6.61 Å². The first-order chi connectivity index (χ1) is 9.63. The van der Waals surface area contributed by atoms with Gasteiger partial charge < -0.3 is 15.0 Å². The summed E-state index contributed by atoms with van der Waals surface area (Å²) in [6.45, 7) is 1.43. The summed E-state index contributed by atoms with van der Waals surface area (Å²) in [5, 5.41) is 13.8. The molecule has 0 bridgehead atoms. The molecule has 8 nitrogen and oxygen atoms in total. The number of hydrogen-bond donors (Lipinski definition) is 1. The maximum Gasteiger partial charge on any atom is 0.372 e. The van der Waals surface area contributed by atoms with E-state index in [2.05, 4.69) is 20.2 Å². The lowest BCUT2D eigenvalue weighted by molar-refractivity contribution is -0.385. The molecule has 110 valence electrons. The summed E-state index contributed by atoms with van der Waals surface area (Å²) in [5.41, 5.74) is -0.214. The highest BCUT2D eigenvalue weighted by molar-refractivity contribution is 5.60. The van der Waals surface area contributed by atoms with Crippen molar-refractivity contribution in [2.45, 2.75) is 25.3 Å². The van der Waals surface area contributed by atoms with Gasteiger partial charge in [0.1, 0.15) is 12.9 Å². The molecule has 1 aromatic heterocycles. The predicted octanol–water partition coefficient (Wildman–Crippen LogP) is 1.29. The molecule has 2 rings (SSSR count). The van der Waals surface area contributed by atoms with Gasteiger partial charge in [0.2, 0.25) is 5.82 Å². The van der Waals surface area contributed by atoms with Crippen LogP contribution in [-0.2, 0) is 0 Å². The van der Waals surface area contributed by atoms with Crippen LogP contribution in [0.25, 0.3) is 0 Å². The zero-order valence-electron chi connectivity index (χ0n) is 11.7. The second-order valence-corrected chi connectivity index (χ2v) is 4.82. The van der Waals surface area contributed by atoms with Gasteiger partial charge in [-0.3, -0.25) is 10.1 Å². The van der Waals surface area contributed by atoms with E-state index >= 15 is 0 Å². The summed E-state index contributed by atoms with van der Waals surface area (Å²) < 4.78 is 5.58. The van der Waals surface area contributed by atoms with Crippen LogP contribution in [0.2, 0.25) is 0 Å². The van der Waals surface area contributed by atoms with Crippen LogP contribution in [0.3, 0.4) is 0 Å². The Bertz CT molecular complexity index is 482. The van der Waals surface area contributed by atoms with Crippen molar-refractivity contribution in [2.75, 3.05) is 32.6 Å². The number of nitrogens with zero attached hydrogens (tertiary/aromatic N) is 4. The summed E-state index contributed by atoms with van der Waals surface area (Å²) in [7, 11) is 3.62. The zero-order valence-corrected chi connectivity index (χ0v) is 11.7. The van der Waals surface area contributed by atoms with E-state index in [9.17, 15) is 10.1 Å². The fourth-order valence-electron chi connectivity index (χ4n) is 2.35. The minimum absolute atomic E-state index is 0.0216.